The molecule has 3 heteroatoms. The van der Waals surface area contributed by atoms with E-state index in [1.807, 2.05) is 6.08 Å². The molecule has 0 saturated heterocycles. The molecule has 0 fully saturated rings. The molecule has 0 rings (SSSR count). The van der Waals surface area contributed by atoms with Gasteiger partial charge in [-0.1, -0.05) is 12.2 Å². The molecule has 0 heterocycles. The van der Waals surface area contributed by atoms with Crippen molar-refractivity contribution in [2.24, 2.45) is 5.92 Å². The lowest BCUT2D eigenvalue weighted by Gasteiger charge is -2.10. The summed E-state index contributed by atoms with van der Waals surface area (Å²) in [5.41, 5.74) is 0. The molecular formula is C11H22O3. The van der Waals surface area contributed by atoms with Gasteiger partial charge in [0.1, 0.15) is 0 Å². The first-order valence-electron chi connectivity index (χ1n) is 5.20. The molecule has 0 aromatic carbocycles. The number of hydrogen-bond acceptors (Lipinski definition) is 3. The Hall–Kier alpha value is -0.380. The molecule has 0 bridgehead atoms. The predicted molar refractivity (Wildman–Crippen MR) is 57.1 cm³/mol. The van der Waals surface area contributed by atoms with E-state index >= 15 is 0 Å². The molecule has 0 radical (unpaired) electrons. The van der Waals surface area contributed by atoms with Crippen LogP contribution in [0.3, 0.4) is 0 Å². The number of allylic oxidation sites excluding steroid dienone is 1. The molecule has 14 heavy (non-hydrogen) atoms. The van der Waals surface area contributed by atoms with Crippen molar-refractivity contribution in [2.75, 3.05) is 26.9 Å². The normalized spacial score (nSPS) is 13.6. The third kappa shape index (κ3) is 8.23. The van der Waals surface area contributed by atoms with Crippen LogP contribution in [0.25, 0.3) is 0 Å². The summed E-state index contributed by atoms with van der Waals surface area (Å²) in [5.74, 6) is 0.260. The van der Waals surface area contributed by atoms with Crippen LogP contribution in [0.5, 0.6) is 0 Å². The van der Waals surface area contributed by atoms with Crippen LogP contribution < -0.4 is 0 Å². The van der Waals surface area contributed by atoms with Gasteiger partial charge in [-0.3, -0.25) is 0 Å². The third-order valence-electron chi connectivity index (χ3n) is 2.21. The summed E-state index contributed by atoms with van der Waals surface area (Å²) in [7, 11) is 1.67. The standard InChI is InChI=1S/C11H22O3/c1-14-9-5-3-2-4-6-11(10-13)7-8-12/h3,5,11-13H,2,4,6-10H2,1H3. The first kappa shape index (κ1) is 13.6. The Balaban J connectivity index is 3.32. The van der Waals surface area contributed by atoms with E-state index in [1.165, 1.54) is 0 Å². The Morgan fingerprint density at radius 2 is 2.00 bits per heavy atom. The fraction of sp³-hybridized carbons (Fsp3) is 0.818. The molecule has 0 aliphatic heterocycles. The van der Waals surface area contributed by atoms with Crippen LogP contribution in [0.2, 0.25) is 0 Å². The number of hydrogen-bond donors (Lipinski definition) is 2. The first-order chi connectivity index (χ1) is 6.85. The van der Waals surface area contributed by atoms with Gasteiger partial charge in [-0.2, -0.15) is 0 Å². The molecule has 0 aliphatic rings. The summed E-state index contributed by atoms with van der Waals surface area (Å²) >= 11 is 0. The lowest BCUT2D eigenvalue weighted by molar-refractivity contribution is 0.175. The molecule has 0 amide bonds. The van der Waals surface area contributed by atoms with E-state index in [0.29, 0.717) is 13.0 Å². The summed E-state index contributed by atoms with van der Waals surface area (Å²) in [6.07, 6.45) is 7.86. The lowest BCUT2D eigenvalue weighted by Crippen LogP contribution is -2.07. The summed E-state index contributed by atoms with van der Waals surface area (Å²) in [5, 5.41) is 17.6. The van der Waals surface area contributed by atoms with Gasteiger partial charge in [-0.25, -0.2) is 0 Å². The minimum absolute atomic E-state index is 0.171. The minimum atomic E-state index is 0.171. The number of ether oxygens (including phenoxy) is 1. The Kier molecular flexibility index (Phi) is 10.4. The molecule has 0 aromatic heterocycles. The highest BCUT2D eigenvalue weighted by atomic mass is 16.5. The first-order valence-corrected chi connectivity index (χ1v) is 5.20. The Morgan fingerprint density at radius 1 is 1.21 bits per heavy atom. The molecule has 0 aliphatic carbocycles. The van der Waals surface area contributed by atoms with Crippen LogP contribution in [0, 0.1) is 5.92 Å². The fourth-order valence-electron chi connectivity index (χ4n) is 1.32. The zero-order chi connectivity index (χ0) is 10.6. The molecule has 0 saturated carbocycles. The number of unbranched alkanes of at least 4 members (excludes halogenated alkanes) is 1. The molecule has 84 valence electrons. The Labute approximate surface area is 86.4 Å². The number of aliphatic hydroxyl groups is 2. The molecule has 0 aromatic rings. The van der Waals surface area contributed by atoms with E-state index in [1.54, 1.807) is 7.11 Å². The summed E-state index contributed by atoms with van der Waals surface area (Å²) in [6, 6.07) is 0. The molecule has 2 N–H and O–H groups in total. The van der Waals surface area contributed by atoms with Crippen molar-refractivity contribution in [1.82, 2.24) is 0 Å². The maximum atomic E-state index is 8.95. The van der Waals surface area contributed by atoms with Crippen LogP contribution in [-0.2, 0) is 4.74 Å². The van der Waals surface area contributed by atoms with Crippen molar-refractivity contribution < 1.29 is 14.9 Å². The van der Waals surface area contributed by atoms with E-state index in [4.69, 9.17) is 14.9 Å². The van der Waals surface area contributed by atoms with Gasteiger partial charge in [0.05, 0.1) is 6.61 Å². The monoisotopic (exact) mass is 202 g/mol. The lowest BCUT2D eigenvalue weighted by atomic mass is 10.00. The third-order valence-corrected chi connectivity index (χ3v) is 2.21. The average molecular weight is 202 g/mol. The Bertz CT molecular complexity index is 134. The van der Waals surface area contributed by atoms with Gasteiger partial charge >= 0.3 is 0 Å². The second-order valence-corrected chi connectivity index (χ2v) is 3.42. The van der Waals surface area contributed by atoms with Crippen molar-refractivity contribution in [1.29, 1.82) is 0 Å². The van der Waals surface area contributed by atoms with Gasteiger partial charge in [0.15, 0.2) is 0 Å². The van der Waals surface area contributed by atoms with E-state index < -0.39 is 0 Å². The molecule has 1 atom stereocenters. The maximum absolute atomic E-state index is 8.95. The SMILES string of the molecule is COCC=CCCCC(CO)CCO. The van der Waals surface area contributed by atoms with Crippen LogP contribution in [0.1, 0.15) is 25.7 Å². The van der Waals surface area contributed by atoms with Crippen molar-refractivity contribution in [3.63, 3.8) is 0 Å². The zero-order valence-electron chi connectivity index (χ0n) is 8.98. The average Bonchev–Trinajstić information content (AvgIpc) is 2.21. The Morgan fingerprint density at radius 3 is 2.57 bits per heavy atom. The second kappa shape index (κ2) is 10.7. The molecular weight excluding hydrogens is 180 g/mol. The van der Waals surface area contributed by atoms with E-state index in [0.717, 1.165) is 19.3 Å². The smallest absolute Gasteiger partial charge is 0.0643 e. The number of aliphatic hydroxyl groups excluding tert-OH is 2. The maximum Gasteiger partial charge on any atom is 0.0643 e. The molecule has 0 spiro atoms. The van der Waals surface area contributed by atoms with Gasteiger partial charge in [0.25, 0.3) is 0 Å². The quantitative estimate of drug-likeness (QED) is 0.438. The van der Waals surface area contributed by atoms with Gasteiger partial charge in [-0.05, 0) is 31.6 Å². The van der Waals surface area contributed by atoms with Crippen LogP contribution in [0.15, 0.2) is 12.2 Å². The van der Waals surface area contributed by atoms with Crippen molar-refractivity contribution in [3.8, 4) is 0 Å². The number of methoxy groups -OCH3 is 1. The highest BCUT2D eigenvalue weighted by molar-refractivity contribution is 4.81. The summed E-state index contributed by atoms with van der Waals surface area (Å²) in [4.78, 5) is 0. The highest BCUT2D eigenvalue weighted by Gasteiger charge is 2.04. The van der Waals surface area contributed by atoms with Crippen molar-refractivity contribution in [3.05, 3.63) is 12.2 Å². The fourth-order valence-corrected chi connectivity index (χ4v) is 1.32. The largest absolute Gasteiger partial charge is 0.396 e. The molecule has 1 unspecified atom stereocenters. The van der Waals surface area contributed by atoms with Crippen LogP contribution in [0.4, 0.5) is 0 Å². The summed E-state index contributed by atoms with van der Waals surface area (Å²) < 4.78 is 4.87. The van der Waals surface area contributed by atoms with E-state index in [-0.39, 0.29) is 19.1 Å². The summed E-state index contributed by atoms with van der Waals surface area (Å²) in [6.45, 7) is 1.02. The zero-order valence-corrected chi connectivity index (χ0v) is 8.98. The van der Waals surface area contributed by atoms with E-state index in [9.17, 15) is 0 Å². The van der Waals surface area contributed by atoms with E-state index in [2.05, 4.69) is 6.08 Å². The van der Waals surface area contributed by atoms with Crippen LogP contribution in [-0.4, -0.2) is 37.1 Å². The second-order valence-electron chi connectivity index (χ2n) is 3.42. The topological polar surface area (TPSA) is 49.7 Å². The van der Waals surface area contributed by atoms with Crippen molar-refractivity contribution in [2.45, 2.75) is 25.7 Å². The van der Waals surface area contributed by atoms with Gasteiger partial charge in [0.2, 0.25) is 0 Å². The predicted octanol–water partition coefficient (Wildman–Crippen LogP) is 1.35. The molecule has 3 nitrogen and oxygen atoms in total. The van der Waals surface area contributed by atoms with Crippen molar-refractivity contribution >= 4 is 0 Å². The minimum Gasteiger partial charge on any atom is -0.396 e. The van der Waals surface area contributed by atoms with Crippen LogP contribution >= 0.6 is 0 Å². The number of rotatable bonds is 9. The van der Waals surface area contributed by atoms with Gasteiger partial charge < -0.3 is 14.9 Å². The van der Waals surface area contributed by atoms with Gasteiger partial charge in [-0.15, -0.1) is 0 Å². The highest BCUT2D eigenvalue weighted by Crippen LogP contribution is 2.11. The van der Waals surface area contributed by atoms with Gasteiger partial charge in [0, 0.05) is 20.3 Å².